The van der Waals surface area contributed by atoms with E-state index in [0.717, 1.165) is 22.5 Å². The van der Waals surface area contributed by atoms with Crippen molar-refractivity contribution in [2.45, 2.75) is 13.8 Å². The molecule has 5 aromatic carbocycles. The maximum Gasteiger partial charge on any atom is 0.0541 e. The molecule has 0 spiro atoms. The summed E-state index contributed by atoms with van der Waals surface area (Å²) in [7, 11) is 0. The summed E-state index contributed by atoms with van der Waals surface area (Å²) in [6.07, 6.45) is 8.31. The van der Waals surface area contributed by atoms with Gasteiger partial charge < -0.3 is 9.47 Å². The van der Waals surface area contributed by atoms with Crippen LogP contribution >= 0.6 is 0 Å². The van der Waals surface area contributed by atoms with E-state index in [-0.39, 0.29) is 0 Å². The quantitative estimate of drug-likeness (QED) is 0.227. The number of hydrogen-bond donors (Lipinski definition) is 0. The highest BCUT2D eigenvalue weighted by atomic mass is 15.1. The molecule has 2 heteroatoms. The first-order valence-corrected chi connectivity index (χ1v) is 13.9. The van der Waals surface area contributed by atoms with E-state index in [1.807, 2.05) is 19.9 Å². The van der Waals surface area contributed by atoms with Crippen LogP contribution in [0, 0.1) is 0 Å². The summed E-state index contributed by atoms with van der Waals surface area (Å²) in [6.45, 7) is 8.40. The van der Waals surface area contributed by atoms with Gasteiger partial charge in [-0.1, -0.05) is 99.3 Å². The molecule has 0 saturated heterocycles. The second-order valence-electron chi connectivity index (χ2n) is 9.58. The van der Waals surface area contributed by atoms with Crippen LogP contribution in [0.2, 0.25) is 0 Å². The standard InChI is InChI=1S/C36H26N2.C2H6/c1-26-12-10-11-23-37(29-13-4-2-5-14-29)34-21-19-27(24-32(26)34)28-20-22-36-33(25-28)31-17-8-9-18-35(31)38(36)30-15-6-3-7-16-30;1-2/h2-25H,1H2;1-2H3/b12-10-,23-11-;. The van der Waals surface area contributed by atoms with E-state index in [9.17, 15) is 0 Å². The Hall–Kier alpha value is -5.08. The molecule has 2 heterocycles. The molecule has 194 valence electrons. The summed E-state index contributed by atoms with van der Waals surface area (Å²) >= 11 is 0. The molecule has 1 aliphatic rings. The number of benzene rings is 5. The Labute approximate surface area is 236 Å². The van der Waals surface area contributed by atoms with Gasteiger partial charge in [0.1, 0.15) is 0 Å². The van der Waals surface area contributed by atoms with Crippen LogP contribution < -0.4 is 4.90 Å². The lowest BCUT2D eigenvalue weighted by atomic mass is 9.95. The van der Waals surface area contributed by atoms with Crippen LogP contribution in [0.15, 0.2) is 152 Å². The Bertz CT molecular complexity index is 1870. The molecule has 0 unspecified atom stereocenters. The van der Waals surface area contributed by atoms with Crippen LogP contribution in [-0.2, 0) is 0 Å². The van der Waals surface area contributed by atoms with Crippen LogP contribution in [0.5, 0.6) is 0 Å². The number of rotatable bonds is 3. The molecule has 40 heavy (non-hydrogen) atoms. The fourth-order valence-corrected chi connectivity index (χ4v) is 5.48. The summed E-state index contributed by atoms with van der Waals surface area (Å²) in [5.74, 6) is 0. The lowest BCUT2D eigenvalue weighted by Gasteiger charge is -2.25. The van der Waals surface area contributed by atoms with Crippen LogP contribution in [0.4, 0.5) is 11.4 Å². The van der Waals surface area contributed by atoms with Gasteiger partial charge in [0, 0.05) is 33.9 Å². The highest BCUT2D eigenvalue weighted by Gasteiger charge is 2.17. The maximum absolute atomic E-state index is 4.40. The monoisotopic (exact) mass is 516 g/mol. The second kappa shape index (κ2) is 11.0. The molecule has 7 rings (SSSR count). The van der Waals surface area contributed by atoms with E-state index < -0.39 is 0 Å². The predicted octanol–water partition coefficient (Wildman–Crippen LogP) is 10.7. The molecule has 0 N–H and O–H groups in total. The summed E-state index contributed by atoms with van der Waals surface area (Å²) in [5, 5.41) is 2.51. The fourth-order valence-electron chi connectivity index (χ4n) is 5.48. The maximum atomic E-state index is 4.40. The molecule has 0 radical (unpaired) electrons. The Balaban J connectivity index is 0.00000142. The Morgan fingerprint density at radius 2 is 1.18 bits per heavy atom. The van der Waals surface area contributed by atoms with E-state index in [1.165, 1.54) is 38.6 Å². The SMILES string of the molecule is C=C1/C=C\C=C/N(c2ccccc2)c2ccc(-c3ccc4c(c3)c3ccccc3n4-c3ccccc3)cc21.CC. The van der Waals surface area contributed by atoms with Crippen molar-refractivity contribution in [3.05, 3.63) is 158 Å². The molecule has 0 bridgehead atoms. The zero-order chi connectivity index (χ0) is 27.5. The van der Waals surface area contributed by atoms with Crippen LogP contribution in [-0.4, -0.2) is 4.57 Å². The van der Waals surface area contributed by atoms with E-state index in [0.29, 0.717) is 0 Å². The van der Waals surface area contributed by atoms with E-state index in [2.05, 4.69) is 156 Å². The molecule has 1 aliphatic heterocycles. The smallest absolute Gasteiger partial charge is 0.0541 e. The number of fused-ring (bicyclic) bond motifs is 4. The van der Waals surface area contributed by atoms with E-state index >= 15 is 0 Å². The molecule has 0 fully saturated rings. The first-order valence-electron chi connectivity index (χ1n) is 13.9. The van der Waals surface area contributed by atoms with Gasteiger partial charge in [-0.15, -0.1) is 0 Å². The Morgan fingerprint density at radius 1 is 0.550 bits per heavy atom. The van der Waals surface area contributed by atoms with E-state index in [4.69, 9.17) is 0 Å². The zero-order valence-electron chi connectivity index (χ0n) is 23.0. The van der Waals surface area contributed by atoms with Crippen molar-refractivity contribution in [1.82, 2.24) is 4.57 Å². The topological polar surface area (TPSA) is 8.17 Å². The van der Waals surface area contributed by atoms with Gasteiger partial charge in [-0.2, -0.15) is 0 Å². The highest BCUT2D eigenvalue weighted by Crippen LogP contribution is 2.39. The van der Waals surface area contributed by atoms with E-state index in [1.54, 1.807) is 0 Å². The Morgan fingerprint density at radius 3 is 1.95 bits per heavy atom. The van der Waals surface area contributed by atoms with Crippen LogP contribution in [0.25, 0.3) is 44.2 Å². The number of allylic oxidation sites excluding steroid dienone is 4. The van der Waals surface area contributed by atoms with Gasteiger partial charge >= 0.3 is 0 Å². The molecule has 0 atom stereocenters. The summed E-state index contributed by atoms with van der Waals surface area (Å²) in [6, 6.07) is 43.2. The summed E-state index contributed by atoms with van der Waals surface area (Å²) in [4.78, 5) is 2.23. The van der Waals surface area contributed by atoms with Crippen molar-refractivity contribution in [2.24, 2.45) is 0 Å². The molecule has 2 nitrogen and oxygen atoms in total. The summed E-state index contributed by atoms with van der Waals surface area (Å²) < 4.78 is 2.35. The molecule has 0 aliphatic carbocycles. The van der Waals surface area contributed by atoms with Crippen molar-refractivity contribution in [3.8, 4) is 16.8 Å². The number of nitrogens with zero attached hydrogens (tertiary/aromatic N) is 2. The lowest BCUT2D eigenvalue weighted by Crippen LogP contribution is -2.11. The third kappa shape index (κ3) is 4.44. The van der Waals surface area contributed by atoms with Gasteiger partial charge in [-0.25, -0.2) is 0 Å². The van der Waals surface area contributed by atoms with Gasteiger partial charge in [-0.3, -0.25) is 0 Å². The highest BCUT2D eigenvalue weighted by molar-refractivity contribution is 6.10. The average molecular weight is 517 g/mol. The number of para-hydroxylation sites is 3. The van der Waals surface area contributed by atoms with Crippen molar-refractivity contribution in [2.75, 3.05) is 4.90 Å². The van der Waals surface area contributed by atoms with Crippen molar-refractivity contribution in [3.63, 3.8) is 0 Å². The molecular formula is C38H32N2. The largest absolute Gasteiger partial charge is 0.317 e. The van der Waals surface area contributed by atoms with Crippen molar-refractivity contribution < 1.29 is 0 Å². The lowest BCUT2D eigenvalue weighted by molar-refractivity contribution is 1.18. The van der Waals surface area contributed by atoms with Gasteiger partial charge in [-0.05, 0) is 77.4 Å². The number of anilines is 2. The van der Waals surface area contributed by atoms with Gasteiger partial charge in [0.25, 0.3) is 0 Å². The van der Waals surface area contributed by atoms with Gasteiger partial charge in [0.15, 0.2) is 0 Å². The van der Waals surface area contributed by atoms with Crippen LogP contribution in [0.1, 0.15) is 19.4 Å². The van der Waals surface area contributed by atoms with Crippen molar-refractivity contribution >= 4 is 38.8 Å². The average Bonchev–Trinajstić information content (AvgIpc) is 3.35. The van der Waals surface area contributed by atoms with Gasteiger partial charge in [0.2, 0.25) is 0 Å². The zero-order valence-corrected chi connectivity index (χ0v) is 23.0. The molecular weight excluding hydrogens is 484 g/mol. The molecule has 0 amide bonds. The van der Waals surface area contributed by atoms with Crippen LogP contribution in [0.3, 0.4) is 0 Å². The molecule has 6 aromatic rings. The molecule has 1 aromatic heterocycles. The number of hydrogen-bond acceptors (Lipinski definition) is 1. The first kappa shape index (κ1) is 25.2. The fraction of sp³-hybridized carbons (Fsp3) is 0.0526. The predicted molar refractivity (Wildman–Crippen MR) is 173 cm³/mol. The van der Waals surface area contributed by atoms with Gasteiger partial charge in [0.05, 0.1) is 16.7 Å². The molecule has 0 saturated carbocycles. The number of aromatic nitrogens is 1. The first-order chi connectivity index (χ1) is 19.8. The minimum Gasteiger partial charge on any atom is -0.317 e. The normalized spacial score (nSPS) is 14.2. The minimum absolute atomic E-state index is 0.994. The third-order valence-corrected chi connectivity index (χ3v) is 7.30. The minimum atomic E-state index is 0.994. The second-order valence-corrected chi connectivity index (χ2v) is 9.58. The Kier molecular flexibility index (Phi) is 6.91. The van der Waals surface area contributed by atoms with Crippen molar-refractivity contribution in [1.29, 1.82) is 0 Å². The summed E-state index contributed by atoms with van der Waals surface area (Å²) in [5.41, 5.74) is 10.3. The third-order valence-electron chi connectivity index (χ3n) is 7.30.